The molecule has 4 nitrogen and oxygen atoms in total. The van der Waals surface area contributed by atoms with Crippen molar-refractivity contribution in [2.75, 3.05) is 13.1 Å². The van der Waals surface area contributed by atoms with E-state index in [9.17, 15) is 4.79 Å². The minimum Gasteiger partial charge on any atom is -0.478 e. The molecular weight excluding hydrogens is 288 g/mol. The first kappa shape index (κ1) is 15.7. The Bertz CT molecular complexity index is 676. The lowest BCUT2D eigenvalue weighted by Gasteiger charge is -2.32. The van der Waals surface area contributed by atoms with Gasteiger partial charge < -0.3 is 5.11 Å². The van der Waals surface area contributed by atoms with Crippen molar-refractivity contribution in [3.05, 3.63) is 53.9 Å². The topological polar surface area (TPSA) is 53.4 Å². The number of piperidine rings is 1. The van der Waals surface area contributed by atoms with Gasteiger partial charge in [-0.1, -0.05) is 30.7 Å². The van der Waals surface area contributed by atoms with Crippen LogP contribution in [0.1, 0.15) is 48.1 Å². The molecule has 1 saturated heterocycles. The highest BCUT2D eigenvalue weighted by Crippen LogP contribution is 2.27. The minimum atomic E-state index is -0.949. The number of hydrogen-bond acceptors (Lipinski definition) is 3. The van der Waals surface area contributed by atoms with Gasteiger partial charge >= 0.3 is 5.97 Å². The number of pyridine rings is 1. The Morgan fingerprint density at radius 3 is 2.43 bits per heavy atom. The molecule has 0 aliphatic carbocycles. The van der Waals surface area contributed by atoms with Gasteiger partial charge in [-0.3, -0.25) is 9.88 Å². The van der Waals surface area contributed by atoms with E-state index in [0.29, 0.717) is 6.04 Å². The Morgan fingerprint density at radius 1 is 1.09 bits per heavy atom. The third-order valence-corrected chi connectivity index (χ3v) is 4.65. The fourth-order valence-corrected chi connectivity index (χ4v) is 3.19. The van der Waals surface area contributed by atoms with Gasteiger partial charge in [0.1, 0.15) is 0 Å². The highest BCUT2D eigenvalue weighted by molar-refractivity contribution is 5.88. The number of benzene rings is 1. The van der Waals surface area contributed by atoms with Crippen molar-refractivity contribution in [3.8, 4) is 11.1 Å². The van der Waals surface area contributed by atoms with Crippen molar-refractivity contribution in [1.29, 1.82) is 0 Å². The van der Waals surface area contributed by atoms with E-state index >= 15 is 0 Å². The lowest BCUT2D eigenvalue weighted by atomic mass is 9.99. The third kappa shape index (κ3) is 3.59. The van der Waals surface area contributed by atoms with Crippen LogP contribution < -0.4 is 0 Å². The van der Waals surface area contributed by atoms with E-state index in [-0.39, 0.29) is 5.56 Å². The van der Waals surface area contributed by atoms with Crippen molar-refractivity contribution < 1.29 is 9.90 Å². The van der Waals surface area contributed by atoms with E-state index < -0.39 is 5.97 Å². The molecule has 0 unspecified atom stereocenters. The van der Waals surface area contributed by atoms with Gasteiger partial charge in [0.2, 0.25) is 0 Å². The summed E-state index contributed by atoms with van der Waals surface area (Å²) in [5.74, 6) is -0.949. The second kappa shape index (κ2) is 6.92. The minimum absolute atomic E-state index is 0.216. The van der Waals surface area contributed by atoms with Crippen molar-refractivity contribution in [3.63, 3.8) is 0 Å². The van der Waals surface area contributed by atoms with Crippen LogP contribution in [-0.4, -0.2) is 34.0 Å². The van der Waals surface area contributed by atoms with E-state index in [1.807, 2.05) is 0 Å². The lowest BCUT2D eigenvalue weighted by molar-refractivity contribution is 0.0696. The summed E-state index contributed by atoms with van der Waals surface area (Å²) in [6, 6.07) is 10.5. The Morgan fingerprint density at radius 2 is 1.78 bits per heavy atom. The number of aromatic nitrogens is 1. The van der Waals surface area contributed by atoms with Crippen molar-refractivity contribution in [1.82, 2.24) is 9.88 Å². The van der Waals surface area contributed by atoms with Crippen LogP contribution in [0.4, 0.5) is 0 Å². The average Bonchev–Trinajstić information content (AvgIpc) is 2.62. The van der Waals surface area contributed by atoms with Gasteiger partial charge in [0.05, 0.1) is 5.56 Å². The van der Waals surface area contributed by atoms with Crippen molar-refractivity contribution in [2.24, 2.45) is 0 Å². The van der Waals surface area contributed by atoms with Crippen LogP contribution >= 0.6 is 0 Å². The van der Waals surface area contributed by atoms with Gasteiger partial charge in [-0.05, 0) is 50.0 Å². The van der Waals surface area contributed by atoms with E-state index in [4.69, 9.17) is 5.11 Å². The molecule has 1 aromatic heterocycles. The molecule has 1 aromatic carbocycles. The first-order valence-electron chi connectivity index (χ1n) is 8.18. The molecule has 120 valence electrons. The zero-order chi connectivity index (χ0) is 16.2. The highest BCUT2D eigenvalue weighted by atomic mass is 16.4. The summed E-state index contributed by atoms with van der Waals surface area (Å²) in [6.07, 6.45) is 7.00. The largest absolute Gasteiger partial charge is 0.478 e. The Hall–Kier alpha value is -2.20. The Labute approximate surface area is 136 Å². The number of rotatable bonds is 4. The van der Waals surface area contributed by atoms with Crippen LogP contribution in [0.2, 0.25) is 0 Å². The van der Waals surface area contributed by atoms with E-state index in [0.717, 1.165) is 11.1 Å². The summed E-state index contributed by atoms with van der Waals surface area (Å²) in [6.45, 7) is 4.61. The fraction of sp³-hybridized carbons (Fsp3) is 0.368. The molecular formula is C19H22N2O2. The van der Waals surface area contributed by atoms with E-state index in [2.05, 4.69) is 41.1 Å². The van der Waals surface area contributed by atoms with Gasteiger partial charge in [0.15, 0.2) is 0 Å². The first-order valence-corrected chi connectivity index (χ1v) is 8.18. The molecule has 2 heterocycles. The molecule has 3 rings (SSSR count). The summed E-state index contributed by atoms with van der Waals surface area (Å²) in [5, 5.41) is 9.07. The maximum absolute atomic E-state index is 11.1. The summed E-state index contributed by atoms with van der Waals surface area (Å²) in [5.41, 5.74) is 3.35. The summed E-state index contributed by atoms with van der Waals surface area (Å²) in [4.78, 5) is 17.6. The molecule has 1 fully saturated rings. The maximum atomic E-state index is 11.1. The number of carboxylic acids is 1. The second-order valence-electron chi connectivity index (χ2n) is 6.16. The molecule has 0 bridgehead atoms. The van der Waals surface area contributed by atoms with E-state index in [1.54, 1.807) is 12.3 Å². The van der Waals surface area contributed by atoms with Crippen LogP contribution in [0.25, 0.3) is 11.1 Å². The van der Waals surface area contributed by atoms with Crippen LogP contribution in [0.3, 0.4) is 0 Å². The van der Waals surface area contributed by atoms with Crippen LogP contribution in [0.15, 0.2) is 42.7 Å². The monoisotopic (exact) mass is 310 g/mol. The molecule has 0 radical (unpaired) electrons. The van der Waals surface area contributed by atoms with Crippen molar-refractivity contribution in [2.45, 2.75) is 32.2 Å². The molecule has 1 aliphatic heterocycles. The third-order valence-electron chi connectivity index (χ3n) is 4.65. The smallest absolute Gasteiger partial charge is 0.337 e. The normalized spacial score (nSPS) is 16.9. The fourth-order valence-electron chi connectivity index (χ4n) is 3.19. The number of hydrogen-bond donors (Lipinski definition) is 1. The van der Waals surface area contributed by atoms with Crippen LogP contribution in [0.5, 0.6) is 0 Å². The zero-order valence-electron chi connectivity index (χ0n) is 13.4. The maximum Gasteiger partial charge on any atom is 0.337 e. The summed E-state index contributed by atoms with van der Waals surface area (Å²) >= 11 is 0. The van der Waals surface area contributed by atoms with Crippen molar-refractivity contribution >= 4 is 5.97 Å². The average molecular weight is 310 g/mol. The van der Waals surface area contributed by atoms with Gasteiger partial charge in [-0.2, -0.15) is 0 Å². The zero-order valence-corrected chi connectivity index (χ0v) is 13.4. The summed E-state index contributed by atoms with van der Waals surface area (Å²) in [7, 11) is 0. The Kier molecular flexibility index (Phi) is 4.72. The molecule has 1 aliphatic rings. The number of aromatic carboxylic acids is 1. The van der Waals surface area contributed by atoms with Crippen LogP contribution in [-0.2, 0) is 0 Å². The first-order chi connectivity index (χ1) is 11.1. The number of carboxylic acid groups (broad SMARTS) is 1. The molecule has 1 N–H and O–H groups in total. The molecule has 0 saturated carbocycles. The molecule has 23 heavy (non-hydrogen) atoms. The Balaban J connectivity index is 1.79. The van der Waals surface area contributed by atoms with E-state index in [1.165, 1.54) is 44.1 Å². The molecule has 1 atom stereocenters. The molecule has 4 heteroatoms. The van der Waals surface area contributed by atoms with Crippen LogP contribution in [0, 0.1) is 0 Å². The van der Waals surface area contributed by atoms with Gasteiger partial charge in [0.25, 0.3) is 0 Å². The van der Waals surface area contributed by atoms with Gasteiger partial charge in [-0.25, -0.2) is 4.79 Å². The second-order valence-corrected chi connectivity index (χ2v) is 6.16. The summed E-state index contributed by atoms with van der Waals surface area (Å²) < 4.78 is 0. The lowest BCUT2D eigenvalue weighted by Crippen LogP contribution is -2.32. The van der Waals surface area contributed by atoms with Gasteiger partial charge in [0, 0.05) is 24.0 Å². The number of carbonyl (C=O) groups is 1. The number of likely N-dealkylation sites (tertiary alicyclic amines) is 1. The number of nitrogens with zero attached hydrogens (tertiary/aromatic N) is 2. The van der Waals surface area contributed by atoms with Gasteiger partial charge in [-0.15, -0.1) is 0 Å². The SMILES string of the molecule is C[C@@H](c1ccc(-c2cncc(C(=O)O)c2)cc1)N1CCCCC1. The highest BCUT2D eigenvalue weighted by Gasteiger charge is 2.18. The molecule has 0 spiro atoms. The predicted molar refractivity (Wildman–Crippen MR) is 90.5 cm³/mol. The standard InChI is InChI=1S/C19H22N2O2/c1-14(21-9-3-2-4-10-21)15-5-7-16(8-6-15)17-11-18(19(22)23)13-20-12-17/h5-8,11-14H,2-4,9-10H2,1H3,(H,22,23)/t14-/m0/s1. The predicted octanol–water partition coefficient (Wildman–Crippen LogP) is 3.99. The molecule has 2 aromatic rings. The quantitative estimate of drug-likeness (QED) is 0.927. The molecule has 0 amide bonds.